The SMILES string of the molecule is COc1ccc(OC)c2c1sc(=NC(=O)C1CCCN(S(=O)(=O)c3ccc(Cl)cc3)C1)n2C. The van der Waals surface area contributed by atoms with E-state index in [9.17, 15) is 13.2 Å². The number of hydrogen-bond donors (Lipinski definition) is 0. The van der Waals surface area contributed by atoms with Gasteiger partial charge in [0.1, 0.15) is 21.7 Å². The van der Waals surface area contributed by atoms with Gasteiger partial charge >= 0.3 is 0 Å². The van der Waals surface area contributed by atoms with E-state index in [1.165, 1.54) is 27.8 Å². The van der Waals surface area contributed by atoms with Crippen molar-refractivity contribution >= 4 is 49.1 Å². The quantitative estimate of drug-likeness (QED) is 0.525. The van der Waals surface area contributed by atoms with Crippen LogP contribution in [0.3, 0.4) is 0 Å². The number of rotatable bonds is 5. The van der Waals surface area contributed by atoms with Gasteiger partial charge in [0, 0.05) is 25.2 Å². The first kappa shape index (κ1) is 23.7. The lowest BCUT2D eigenvalue weighted by atomic mass is 9.99. The number of carbonyl (C=O) groups excluding carboxylic acids is 1. The van der Waals surface area contributed by atoms with E-state index in [0.717, 1.165) is 10.2 Å². The Labute approximate surface area is 201 Å². The fourth-order valence-corrected chi connectivity index (χ4v) is 6.72. The van der Waals surface area contributed by atoms with Gasteiger partial charge in [-0.05, 0) is 49.2 Å². The van der Waals surface area contributed by atoms with Crippen LogP contribution in [0, 0.1) is 5.92 Å². The largest absolute Gasteiger partial charge is 0.495 e. The van der Waals surface area contributed by atoms with Gasteiger partial charge in [-0.15, -0.1) is 0 Å². The Morgan fingerprint density at radius 3 is 2.45 bits per heavy atom. The first-order valence-electron chi connectivity index (χ1n) is 10.3. The molecular weight excluding hydrogens is 486 g/mol. The van der Waals surface area contributed by atoms with Crippen molar-refractivity contribution < 1.29 is 22.7 Å². The molecule has 1 fully saturated rings. The lowest BCUT2D eigenvalue weighted by Gasteiger charge is -2.30. The second-order valence-electron chi connectivity index (χ2n) is 7.70. The zero-order valence-electron chi connectivity index (χ0n) is 18.4. The number of hydrogen-bond acceptors (Lipinski definition) is 6. The Bertz CT molecular complexity index is 1360. The number of methoxy groups -OCH3 is 2. The Balaban J connectivity index is 1.64. The summed E-state index contributed by atoms with van der Waals surface area (Å²) in [7, 11) is 1.26. The number of halogens is 1. The van der Waals surface area contributed by atoms with E-state index in [-0.39, 0.29) is 17.3 Å². The molecule has 1 saturated heterocycles. The van der Waals surface area contributed by atoms with Gasteiger partial charge in [0.15, 0.2) is 4.80 Å². The minimum Gasteiger partial charge on any atom is -0.495 e. The third kappa shape index (κ3) is 4.52. The number of benzene rings is 2. The lowest BCUT2D eigenvalue weighted by molar-refractivity contribution is -0.122. The molecule has 2 aromatic carbocycles. The number of fused-ring (bicyclic) bond motifs is 1. The molecule has 0 radical (unpaired) electrons. The Morgan fingerprint density at radius 2 is 1.79 bits per heavy atom. The average Bonchev–Trinajstić information content (AvgIpc) is 3.15. The molecule has 1 unspecified atom stereocenters. The van der Waals surface area contributed by atoms with Crippen molar-refractivity contribution in [2.24, 2.45) is 18.0 Å². The number of nitrogens with zero attached hydrogens (tertiary/aromatic N) is 3. The highest BCUT2D eigenvalue weighted by atomic mass is 35.5. The van der Waals surface area contributed by atoms with Crippen molar-refractivity contribution in [1.82, 2.24) is 8.87 Å². The molecule has 0 aliphatic carbocycles. The summed E-state index contributed by atoms with van der Waals surface area (Å²) < 4.78 is 41.0. The summed E-state index contributed by atoms with van der Waals surface area (Å²) in [6.45, 7) is 0.453. The highest BCUT2D eigenvalue weighted by Crippen LogP contribution is 2.34. The molecule has 0 bridgehead atoms. The fourth-order valence-electron chi connectivity index (χ4n) is 3.93. The maximum Gasteiger partial charge on any atom is 0.252 e. The monoisotopic (exact) mass is 509 g/mol. The molecule has 0 N–H and O–H groups in total. The second kappa shape index (κ2) is 9.46. The minimum atomic E-state index is -3.72. The molecule has 1 aliphatic heterocycles. The number of piperidine rings is 1. The minimum absolute atomic E-state index is 0.0918. The van der Waals surface area contributed by atoms with E-state index >= 15 is 0 Å². The predicted molar refractivity (Wildman–Crippen MR) is 127 cm³/mol. The summed E-state index contributed by atoms with van der Waals surface area (Å²) in [6.07, 6.45) is 1.16. The van der Waals surface area contributed by atoms with Crippen LogP contribution in [-0.2, 0) is 21.9 Å². The number of sulfonamides is 1. The molecule has 1 atom stereocenters. The Kier molecular flexibility index (Phi) is 6.81. The molecule has 1 aromatic heterocycles. The lowest BCUT2D eigenvalue weighted by Crippen LogP contribution is -2.42. The molecule has 1 amide bonds. The highest BCUT2D eigenvalue weighted by Gasteiger charge is 2.33. The van der Waals surface area contributed by atoms with Crippen LogP contribution in [-0.4, -0.2) is 50.5 Å². The van der Waals surface area contributed by atoms with Crippen LogP contribution in [0.2, 0.25) is 5.02 Å². The molecule has 4 rings (SSSR count). The molecule has 2 heterocycles. The molecule has 11 heteroatoms. The summed E-state index contributed by atoms with van der Waals surface area (Å²) >= 11 is 7.21. The van der Waals surface area contributed by atoms with E-state index < -0.39 is 15.9 Å². The molecule has 176 valence electrons. The van der Waals surface area contributed by atoms with E-state index in [1.54, 1.807) is 37.0 Å². The van der Waals surface area contributed by atoms with Crippen LogP contribution >= 0.6 is 22.9 Å². The van der Waals surface area contributed by atoms with Crippen LogP contribution in [0.25, 0.3) is 10.2 Å². The summed E-state index contributed by atoms with van der Waals surface area (Å²) in [4.78, 5) is 18.1. The topological polar surface area (TPSA) is 90.2 Å². The van der Waals surface area contributed by atoms with Gasteiger partial charge in [-0.3, -0.25) is 4.79 Å². The van der Waals surface area contributed by atoms with Crippen LogP contribution < -0.4 is 14.3 Å². The molecule has 3 aromatic rings. The highest BCUT2D eigenvalue weighted by molar-refractivity contribution is 7.89. The Morgan fingerprint density at radius 1 is 1.12 bits per heavy atom. The number of amides is 1. The molecular formula is C22H24ClN3O5S2. The van der Waals surface area contributed by atoms with E-state index in [2.05, 4.69) is 4.99 Å². The normalized spacial score (nSPS) is 17.9. The standard InChI is InChI=1S/C22H24ClN3O5S2/c1-25-19-17(30-2)10-11-18(31-3)20(19)32-22(25)24-21(27)14-5-4-12-26(13-14)33(28,29)16-8-6-15(23)7-9-16/h6-11,14H,4-5,12-13H2,1-3H3. The first-order chi connectivity index (χ1) is 15.8. The Hall–Kier alpha value is -2.40. The number of aromatic nitrogens is 1. The van der Waals surface area contributed by atoms with Gasteiger partial charge in [-0.2, -0.15) is 9.30 Å². The summed E-state index contributed by atoms with van der Waals surface area (Å²) in [5.41, 5.74) is 0.781. The zero-order chi connectivity index (χ0) is 23.8. The third-order valence-corrected chi connectivity index (χ3v) is 8.98. The van der Waals surface area contributed by atoms with Gasteiger partial charge in [0.05, 0.1) is 25.0 Å². The smallest absolute Gasteiger partial charge is 0.252 e. The molecule has 0 spiro atoms. The van der Waals surface area contributed by atoms with Crippen LogP contribution in [0.5, 0.6) is 11.5 Å². The summed E-state index contributed by atoms with van der Waals surface area (Å²) in [6, 6.07) is 9.65. The van der Waals surface area contributed by atoms with Gasteiger partial charge in [0.2, 0.25) is 10.0 Å². The molecule has 0 saturated carbocycles. The molecule has 33 heavy (non-hydrogen) atoms. The van der Waals surface area contributed by atoms with Crippen molar-refractivity contribution in [3.05, 3.63) is 46.2 Å². The van der Waals surface area contributed by atoms with Crippen molar-refractivity contribution in [2.75, 3.05) is 27.3 Å². The third-order valence-electron chi connectivity index (χ3n) is 5.70. The van der Waals surface area contributed by atoms with Crippen molar-refractivity contribution in [3.63, 3.8) is 0 Å². The number of carbonyl (C=O) groups is 1. The van der Waals surface area contributed by atoms with E-state index in [0.29, 0.717) is 40.7 Å². The van der Waals surface area contributed by atoms with Gasteiger partial charge in [-0.25, -0.2) is 8.42 Å². The number of thiazole rings is 1. The van der Waals surface area contributed by atoms with E-state index in [4.69, 9.17) is 21.1 Å². The van der Waals surface area contributed by atoms with Crippen molar-refractivity contribution in [2.45, 2.75) is 17.7 Å². The van der Waals surface area contributed by atoms with Crippen LogP contribution in [0.4, 0.5) is 0 Å². The summed E-state index contributed by atoms with van der Waals surface area (Å²) in [5.74, 6) is 0.454. The van der Waals surface area contributed by atoms with Crippen molar-refractivity contribution in [3.8, 4) is 11.5 Å². The van der Waals surface area contributed by atoms with Gasteiger partial charge < -0.3 is 14.0 Å². The zero-order valence-corrected chi connectivity index (χ0v) is 20.8. The maximum absolute atomic E-state index is 13.1. The van der Waals surface area contributed by atoms with Gasteiger partial charge in [0.25, 0.3) is 5.91 Å². The van der Waals surface area contributed by atoms with Gasteiger partial charge in [-0.1, -0.05) is 22.9 Å². The van der Waals surface area contributed by atoms with Crippen molar-refractivity contribution in [1.29, 1.82) is 0 Å². The average molecular weight is 510 g/mol. The maximum atomic E-state index is 13.1. The first-order valence-corrected chi connectivity index (χ1v) is 12.9. The fraction of sp³-hybridized carbons (Fsp3) is 0.364. The number of ether oxygens (including phenoxy) is 2. The molecule has 8 nitrogen and oxygen atoms in total. The number of aryl methyl sites for hydroxylation is 1. The summed E-state index contributed by atoms with van der Waals surface area (Å²) in [5, 5.41) is 0.462. The van der Waals surface area contributed by atoms with Crippen LogP contribution in [0.1, 0.15) is 12.8 Å². The second-order valence-corrected chi connectivity index (χ2v) is 11.0. The molecule has 1 aliphatic rings. The van der Waals surface area contributed by atoms with Crippen LogP contribution in [0.15, 0.2) is 46.3 Å². The predicted octanol–water partition coefficient (Wildman–Crippen LogP) is 3.44. The van der Waals surface area contributed by atoms with E-state index in [1.807, 2.05) is 13.1 Å².